The van der Waals surface area contributed by atoms with Crippen molar-refractivity contribution in [1.82, 2.24) is 0 Å². The molecule has 104 valence electrons. The molecule has 0 spiro atoms. The van der Waals surface area contributed by atoms with Gasteiger partial charge in [0, 0.05) is 0 Å². The molecule has 0 saturated heterocycles. The zero-order valence-corrected chi connectivity index (χ0v) is 9.72. The normalized spacial score (nSPS) is 12.2. The van der Waals surface area contributed by atoms with Crippen LogP contribution in [-0.2, 0) is 18.8 Å². The van der Waals surface area contributed by atoms with E-state index in [1.165, 1.54) is 0 Å². The predicted octanol–water partition coefficient (Wildman–Crippen LogP) is 3.65. The van der Waals surface area contributed by atoms with E-state index < -0.39 is 29.0 Å². The lowest BCUT2D eigenvalue weighted by Gasteiger charge is -2.15. The van der Waals surface area contributed by atoms with E-state index in [0.29, 0.717) is 18.2 Å². The van der Waals surface area contributed by atoms with Crippen molar-refractivity contribution >= 4 is 12.4 Å². The van der Waals surface area contributed by atoms with Crippen LogP contribution < -0.4 is 5.73 Å². The van der Waals surface area contributed by atoms with Crippen molar-refractivity contribution < 1.29 is 26.3 Å². The van der Waals surface area contributed by atoms with Gasteiger partial charge in [0.1, 0.15) is 0 Å². The van der Waals surface area contributed by atoms with Crippen LogP contribution in [0.1, 0.15) is 16.7 Å². The van der Waals surface area contributed by atoms with Gasteiger partial charge in [0.15, 0.2) is 0 Å². The van der Waals surface area contributed by atoms with Crippen LogP contribution in [0.5, 0.6) is 0 Å². The molecule has 0 unspecified atom stereocenters. The van der Waals surface area contributed by atoms with E-state index in [-0.39, 0.29) is 25.4 Å². The van der Waals surface area contributed by atoms with Gasteiger partial charge in [0.2, 0.25) is 0 Å². The van der Waals surface area contributed by atoms with Gasteiger partial charge in [-0.15, -0.1) is 12.4 Å². The minimum atomic E-state index is -4.67. The van der Waals surface area contributed by atoms with E-state index in [1.54, 1.807) is 0 Å². The largest absolute Gasteiger partial charge is 0.416 e. The SMILES string of the molecule is Cl.NCCc1cc(C(F)(F)F)ccc1C(F)(F)F. The molecule has 0 atom stereocenters. The number of hydrogen-bond acceptors (Lipinski definition) is 1. The van der Waals surface area contributed by atoms with Crippen molar-refractivity contribution in [2.75, 3.05) is 6.54 Å². The molecule has 1 aromatic carbocycles. The van der Waals surface area contributed by atoms with Crippen molar-refractivity contribution in [2.24, 2.45) is 5.73 Å². The summed E-state index contributed by atoms with van der Waals surface area (Å²) >= 11 is 0. The summed E-state index contributed by atoms with van der Waals surface area (Å²) in [6.45, 7) is -0.148. The second kappa shape index (κ2) is 5.79. The smallest absolute Gasteiger partial charge is 0.330 e. The minimum absolute atomic E-state index is 0. The fourth-order valence-electron chi connectivity index (χ4n) is 1.41. The Morgan fingerprint density at radius 1 is 0.944 bits per heavy atom. The highest BCUT2D eigenvalue weighted by Gasteiger charge is 2.36. The summed E-state index contributed by atoms with van der Waals surface area (Å²) in [6, 6.07) is 1.35. The lowest BCUT2D eigenvalue weighted by Crippen LogP contribution is -2.15. The fraction of sp³-hybridized carbons (Fsp3) is 0.400. The Labute approximate surface area is 105 Å². The number of benzene rings is 1. The Hall–Kier alpha value is -0.950. The molecule has 1 aromatic rings. The van der Waals surface area contributed by atoms with Crippen LogP contribution in [0.3, 0.4) is 0 Å². The maximum absolute atomic E-state index is 12.5. The third kappa shape index (κ3) is 4.06. The van der Waals surface area contributed by atoms with Gasteiger partial charge in [-0.1, -0.05) is 0 Å². The van der Waals surface area contributed by atoms with Gasteiger partial charge in [0.25, 0.3) is 0 Å². The summed E-state index contributed by atoms with van der Waals surface area (Å²) < 4.78 is 74.4. The first-order valence-electron chi connectivity index (χ1n) is 4.63. The number of alkyl halides is 6. The van der Waals surface area contributed by atoms with Crippen molar-refractivity contribution in [1.29, 1.82) is 0 Å². The molecule has 18 heavy (non-hydrogen) atoms. The molecule has 0 aromatic heterocycles. The first-order valence-corrected chi connectivity index (χ1v) is 4.63. The van der Waals surface area contributed by atoms with Gasteiger partial charge in [0.05, 0.1) is 11.1 Å². The van der Waals surface area contributed by atoms with Gasteiger partial charge in [-0.2, -0.15) is 26.3 Å². The average Bonchev–Trinajstić information content (AvgIpc) is 2.15. The van der Waals surface area contributed by atoms with Crippen LogP contribution in [0.4, 0.5) is 26.3 Å². The number of halogens is 7. The second-order valence-electron chi connectivity index (χ2n) is 3.41. The lowest BCUT2D eigenvalue weighted by molar-refractivity contribution is -0.141. The van der Waals surface area contributed by atoms with E-state index in [4.69, 9.17) is 5.73 Å². The maximum Gasteiger partial charge on any atom is 0.416 e. The van der Waals surface area contributed by atoms with Crippen LogP contribution in [0, 0.1) is 0 Å². The lowest BCUT2D eigenvalue weighted by atomic mass is 10.0. The molecule has 0 radical (unpaired) electrons. The Bertz CT molecular complexity index is 398. The van der Waals surface area contributed by atoms with E-state index in [2.05, 4.69) is 0 Å². The molecule has 0 bridgehead atoms. The summed E-state index contributed by atoms with van der Waals surface area (Å²) in [7, 11) is 0. The summed E-state index contributed by atoms with van der Waals surface area (Å²) in [5, 5.41) is 0. The molecule has 0 amide bonds. The minimum Gasteiger partial charge on any atom is -0.330 e. The zero-order valence-electron chi connectivity index (χ0n) is 8.90. The van der Waals surface area contributed by atoms with E-state index in [9.17, 15) is 26.3 Å². The third-order valence-corrected chi connectivity index (χ3v) is 2.15. The first kappa shape index (κ1) is 17.1. The molecule has 8 heteroatoms. The highest BCUT2D eigenvalue weighted by molar-refractivity contribution is 5.85. The summed E-state index contributed by atoms with van der Waals surface area (Å²) in [6.07, 6.45) is -9.58. The van der Waals surface area contributed by atoms with Crippen molar-refractivity contribution in [3.05, 3.63) is 34.9 Å². The van der Waals surface area contributed by atoms with Crippen molar-refractivity contribution in [3.8, 4) is 0 Å². The van der Waals surface area contributed by atoms with E-state index >= 15 is 0 Å². The molecular formula is C10H10ClF6N. The van der Waals surface area contributed by atoms with Crippen LogP contribution >= 0.6 is 12.4 Å². The van der Waals surface area contributed by atoms with Gasteiger partial charge in [-0.3, -0.25) is 0 Å². The topological polar surface area (TPSA) is 26.0 Å². The monoisotopic (exact) mass is 293 g/mol. The van der Waals surface area contributed by atoms with E-state index in [1.807, 2.05) is 0 Å². The number of hydrogen-bond donors (Lipinski definition) is 1. The molecule has 0 saturated carbocycles. The highest BCUT2D eigenvalue weighted by atomic mass is 35.5. The summed E-state index contributed by atoms with van der Waals surface area (Å²) in [5.41, 5.74) is 2.47. The van der Waals surface area contributed by atoms with Crippen LogP contribution in [0.2, 0.25) is 0 Å². The van der Waals surface area contributed by atoms with Crippen LogP contribution in [-0.4, -0.2) is 6.54 Å². The summed E-state index contributed by atoms with van der Waals surface area (Å²) in [4.78, 5) is 0. The van der Waals surface area contributed by atoms with Crippen LogP contribution in [0.15, 0.2) is 18.2 Å². The van der Waals surface area contributed by atoms with Gasteiger partial charge < -0.3 is 5.73 Å². The molecule has 0 aliphatic heterocycles. The zero-order chi connectivity index (χ0) is 13.3. The summed E-state index contributed by atoms with van der Waals surface area (Å²) in [5.74, 6) is 0. The highest BCUT2D eigenvalue weighted by Crippen LogP contribution is 2.36. The van der Waals surface area contributed by atoms with Gasteiger partial charge >= 0.3 is 12.4 Å². The van der Waals surface area contributed by atoms with Gasteiger partial charge in [-0.25, -0.2) is 0 Å². The Balaban J connectivity index is 0.00000289. The molecule has 1 nitrogen and oxygen atoms in total. The van der Waals surface area contributed by atoms with Crippen molar-refractivity contribution in [3.63, 3.8) is 0 Å². The molecule has 0 heterocycles. The predicted molar refractivity (Wildman–Crippen MR) is 56.5 cm³/mol. The maximum atomic E-state index is 12.5. The van der Waals surface area contributed by atoms with Gasteiger partial charge in [-0.05, 0) is 36.7 Å². The quantitative estimate of drug-likeness (QED) is 0.828. The third-order valence-electron chi connectivity index (χ3n) is 2.15. The Morgan fingerprint density at radius 2 is 1.50 bits per heavy atom. The molecule has 1 rings (SSSR count). The fourth-order valence-corrected chi connectivity index (χ4v) is 1.41. The Kier molecular flexibility index (Phi) is 5.49. The van der Waals surface area contributed by atoms with E-state index in [0.717, 1.165) is 0 Å². The molecule has 2 N–H and O–H groups in total. The molecular weight excluding hydrogens is 284 g/mol. The van der Waals surface area contributed by atoms with Crippen molar-refractivity contribution in [2.45, 2.75) is 18.8 Å². The average molecular weight is 294 g/mol. The number of nitrogens with two attached hydrogens (primary N) is 1. The number of rotatable bonds is 2. The van der Waals surface area contributed by atoms with Crippen LogP contribution in [0.25, 0.3) is 0 Å². The molecule has 0 fully saturated rings. The standard InChI is InChI=1S/C10H9F6N.ClH/c11-9(12,13)7-1-2-8(10(14,15)16)6(5-7)3-4-17;/h1-2,5H,3-4,17H2;1H. The first-order chi connectivity index (χ1) is 7.66. The second-order valence-corrected chi connectivity index (χ2v) is 3.41. The Morgan fingerprint density at radius 3 is 1.89 bits per heavy atom. The molecule has 0 aliphatic rings. The molecule has 0 aliphatic carbocycles.